The monoisotopic (exact) mass is 415 g/mol. The number of halogens is 1. The van der Waals surface area contributed by atoms with E-state index in [4.69, 9.17) is 4.42 Å². The Morgan fingerprint density at radius 2 is 1.76 bits per heavy atom. The summed E-state index contributed by atoms with van der Waals surface area (Å²) in [7, 11) is -3.72. The molecule has 0 saturated carbocycles. The van der Waals surface area contributed by atoms with Gasteiger partial charge in [0.15, 0.2) is 15.6 Å². The van der Waals surface area contributed by atoms with Crippen LogP contribution in [0.25, 0.3) is 11.5 Å². The number of hydrogen-bond donors (Lipinski definition) is 0. The van der Waals surface area contributed by atoms with Gasteiger partial charge in [0.25, 0.3) is 0 Å². The third kappa shape index (κ3) is 5.38. The lowest BCUT2D eigenvalue weighted by Gasteiger charge is -2.06. The molecule has 0 aliphatic carbocycles. The third-order valence-corrected chi connectivity index (χ3v) is 6.10. The number of sulfone groups is 1. The van der Waals surface area contributed by atoms with Crippen molar-refractivity contribution in [2.75, 3.05) is 5.75 Å². The van der Waals surface area contributed by atoms with Crippen molar-refractivity contribution < 1.29 is 22.0 Å². The number of oxazole rings is 1. The molecular weight excluding hydrogens is 393 g/mol. The summed E-state index contributed by atoms with van der Waals surface area (Å²) in [5, 5.41) is 0. The predicted molar refractivity (Wildman–Crippen MR) is 109 cm³/mol. The molecule has 0 N–H and O–H groups in total. The summed E-state index contributed by atoms with van der Waals surface area (Å²) >= 11 is 0. The number of aromatic nitrogens is 1. The number of nitrogens with zero attached hydrogens (tertiary/aromatic N) is 1. The fourth-order valence-electron chi connectivity index (χ4n) is 3.01. The highest BCUT2D eigenvalue weighted by molar-refractivity contribution is 7.91. The lowest BCUT2D eigenvalue weighted by Crippen LogP contribution is -2.20. The van der Waals surface area contributed by atoms with Gasteiger partial charge in [-0.2, -0.15) is 0 Å². The van der Waals surface area contributed by atoms with Crippen LogP contribution in [0.5, 0.6) is 0 Å². The van der Waals surface area contributed by atoms with Crippen LogP contribution < -0.4 is 0 Å². The van der Waals surface area contributed by atoms with Crippen LogP contribution in [0.4, 0.5) is 4.39 Å². The first kappa shape index (κ1) is 20.9. The van der Waals surface area contributed by atoms with Gasteiger partial charge in [-0.1, -0.05) is 23.8 Å². The maximum atomic E-state index is 13.2. The van der Waals surface area contributed by atoms with Crippen molar-refractivity contribution in [3.63, 3.8) is 0 Å². The summed E-state index contributed by atoms with van der Waals surface area (Å²) in [6.45, 7) is 5.30. The first-order chi connectivity index (χ1) is 13.6. The van der Waals surface area contributed by atoms with E-state index in [1.165, 1.54) is 18.2 Å². The summed E-state index contributed by atoms with van der Waals surface area (Å²) in [4.78, 5) is 16.6. The molecule has 0 bridgehead atoms. The summed E-state index contributed by atoms with van der Waals surface area (Å²) < 4.78 is 43.8. The van der Waals surface area contributed by atoms with Crippen LogP contribution in [-0.4, -0.2) is 24.9 Å². The Morgan fingerprint density at radius 3 is 2.41 bits per heavy atom. The Balaban J connectivity index is 1.70. The van der Waals surface area contributed by atoms with E-state index < -0.39 is 27.2 Å². The summed E-state index contributed by atoms with van der Waals surface area (Å²) in [5.74, 6) is -1.05. The SMILES string of the molecule is Cc1ccc(-c2nc(CS(=O)(=O)CC(=O)Cc3ccc(F)cc3C)c(C)o2)cc1. The molecule has 3 rings (SSSR count). The van der Waals surface area contributed by atoms with E-state index in [-0.39, 0.29) is 12.2 Å². The van der Waals surface area contributed by atoms with Gasteiger partial charge in [0.1, 0.15) is 17.3 Å². The zero-order valence-electron chi connectivity index (χ0n) is 16.5. The minimum Gasteiger partial charge on any atom is -0.441 e. The molecule has 2 aromatic carbocycles. The van der Waals surface area contributed by atoms with Gasteiger partial charge in [0.2, 0.25) is 5.89 Å². The maximum Gasteiger partial charge on any atom is 0.226 e. The lowest BCUT2D eigenvalue weighted by molar-refractivity contribution is -0.116. The molecule has 3 aromatic rings. The van der Waals surface area contributed by atoms with Crippen LogP contribution in [0.1, 0.15) is 28.1 Å². The number of carbonyl (C=O) groups excluding carboxylic acids is 1. The topological polar surface area (TPSA) is 77.2 Å². The van der Waals surface area contributed by atoms with E-state index in [0.29, 0.717) is 28.5 Å². The number of hydrogen-bond acceptors (Lipinski definition) is 5. The Labute approximate surface area is 169 Å². The number of aryl methyl sites for hydroxylation is 3. The number of Topliss-reactive ketones (excluding diaryl/α,β-unsaturated/α-hetero) is 1. The van der Waals surface area contributed by atoms with Gasteiger partial charge in [0, 0.05) is 12.0 Å². The van der Waals surface area contributed by atoms with Crippen molar-refractivity contribution in [1.29, 1.82) is 0 Å². The quantitative estimate of drug-likeness (QED) is 0.580. The van der Waals surface area contributed by atoms with Crippen LogP contribution in [0, 0.1) is 26.6 Å². The molecule has 1 heterocycles. The van der Waals surface area contributed by atoms with Crippen molar-refractivity contribution in [1.82, 2.24) is 4.98 Å². The van der Waals surface area contributed by atoms with Gasteiger partial charge in [-0.3, -0.25) is 4.79 Å². The highest BCUT2D eigenvalue weighted by atomic mass is 32.2. The largest absolute Gasteiger partial charge is 0.441 e. The molecule has 1 aromatic heterocycles. The zero-order chi connectivity index (χ0) is 21.2. The molecule has 0 spiro atoms. The number of benzene rings is 2. The average Bonchev–Trinajstić information content (AvgIpc) is 2.97. The molecule has 0 unspecified atom stereocenters. The van der Waals surface area contributed by atoms with Gasteiger partial charge >= 0.3 is 0 Å². The number of ketones is 1. The zero-order valence-corrected chi connectivity index (χ0v) is 17.3. The number of carbonyl (C=O) groups is 1. The van der Waals surface area contributed by atoms with Crippen molar-refractivity contribution in [3.8, 4) is 11.5 Å². The molecule has 0 fully saturated rings. The summed E-state index contributed by atoms with van der Waals surface area (Å²) in [6, 6.07) is 11.6. The maximum absolute atomic E-state index is 13.2. The minimum absolute atomic E-state index is 0.0578. The van der Waals surface area contributed by atoms with Gasteiger partial charge in [0.05, 0.1) is 11.4 Å². The predicted octanol–water partition coefficient (Wildman–Crippen LogP) is 4.13. The van der Waals surface area contributed by atoms with E-state index >= 15 is 0 Å². The van der Waals surface area contributed by atoms with Crippen molar-refractivity contribution in [2.24, 2.45) is 0 Å². The smallest absolute Gasteiger partial charge is 0.226 e. The molecule has 152 valence electrons. The van der Waals surface area contributed by atoms with Gasteiger partial charge in [-0.05, 0) is 56.2 Å². The molecule has 29 heavy (non-hydrogen) atoms. The molecule has 5 nitrogen and oxygen atoms in total. The van der Waals surface area contributed by atoms with Crippen LogP contribution in [-0.2, 0) is 26.8 Å². The Bertz CT molecular complexity index is 1150. The van der Waals surface area contributed by atoms with E-state index in [1.54, 1.807) is 13.8 Å². The Kier molecular flexibility index (Phi) is 5.98. The van der Waals surface area contributed by atoms with E-state index in [2.05, 4.69) is 4.98 Å². The third-order valence-electron chi connectivity index (χ3n) is 4.62. The van der Waals surface area contributed by atoms with Crippen molar-refractivity contribution in [3.05, 3.63) is 76.4 Å². The van der Waals surface area contributed by atoms with Crippen LogP contribution in [0.3, 0.4) is 0 Å². The molecule has 0 atom stereocenters. The minimum atomic E-state index is -3.72. The van der Waals surface area contributed by atoms with Gasteiger partial charge in [-0.15, -0.1) is 0 Å². The summed E-state index contributed by atoms with van der Waals surface area (Å²) in [6.07, 6.45) is -0.0578. The van der Waals surface area contributed by atoms with Crippen LogP contribution >= 0.6 is 0 Å². The normalized spacial score (nSPS) is 11.6. The van der Waals surface area contributed by atoms with Crippen LogP contribution in [0.15, 0.2) is 46.9 Å². The van der Waals surface area contributed by atoms with E-state index in [0.717, 1.165) is 11.1 Å². The summed E-state index contributed by atoms with van der Waals surface area (Å²) in [5.41, 5.74) is 3.38. The molecular formula is C22H22FNO4S. The van der Waals surface area contributed by atoms with E-state index in [1.807, 2.05) is 31.2 Å². The molecule has 0 aliphatic rings. The van der Waals surface area contributed by atoms with Gasteiger partial charge < -0.3 is 4.42 Å². The standard InChI is InChI=1S/C22H22FNO4S/c1-14-4-6-17(7-5-14)22-24-21(16(3)28-22)13-29(26,27)12-20(25)11-18-8-9-19(23)10-15(18)2/h4-10H,11-13H2,1-3H3. The molecule has 0 radical (unpaired) electrons. The first-order valence-corrected chi connectivity index (χ1v) is 11.0. The molecule has 0 amide bonds. The van der Waals surface area contributed by atoms with Crippen molar-refractivity contribution in [2.45, 2.75) is 32.9 Å². The average molecular weight is 415 g/mol. The second-order valence-electron chi connectivity index (χ2n) is 7.21. The second kappa shape index (κ2) is 8.29. The van der Waals surface area contributed by atoms with Crippen molar-refractivity contribution >= 4 is 15.6 Å². The number of rotatable bonds is 7. The first-order valence-electron chi connectivity index (χ1n) is 9.13. The Morgan fingerprint density at radius 1 is 1.07 bits per heavy atom. The highest BCUT2D eigenvalue weighted by Gasteiger charge is 2.22. The highest BCUT2D eigenvalue weighted by Crippen LogP contribution is 2.23. The Hall–Kier alpha value is -2.80. The van der Waals surface area contributed by atoms with Gasteiger partial charge in [-0.25, -0.2) is 17.8 Å². The van der Waals surface area contributed by atoms with Crippen LogP contribution in [0.2, 0.25) is 0 Å². The fourth-order valence-corrected chi connectivity index (χ4v) is 4.39. The molecule has 0 saturated heterocycles. The molecule has 0 aliphatic heterocycles. The lowest BCUT2D eigenvalue weighted by atomic mass is 10.0. The fraction of sp³-hybridized carbons (Fsp3) is 0.273. The second-order valence-corrected chi connectivity index (χ2v) is 9.27. The molecule has 7 heteroatoms. The van der Waals surface area contributed by atoms with E-state index in [9.17, 15) is 17.6 Å².